The molecule has 1 unspecified atom stereocenters. The molecule has 0 radical (unpaired) electrons. The Balaban J connectivity index is 1.58. The molecule has 1 atom stereocenters. The fourth-order valence-electron chi connectivity index (χ4n) is 3.18. The largest absolute Gasteiger partial charge is 0.494 e. The molecule has 4 nitrogen and oxygen atoms in total. The second-order valence-corrected chi connectivity index (χ2v) is 6.70. The van der Waals surface area contributed by atoms with Crippen LogP contribution in [-0.2, 0) is 0 Å². The maximum atomic E-state index is 11.7. The molecular weight excluding hydrogens is 326 g/mol. The Morgan fingerprint density at radius 1 is 1.19 bits per heavy atom. The Morgan fingerprint density at radius 2 is 2.00 bits per heavy atom. The van der Waals surface area contributed by atoms with Gasteiger partial charge in [-0.15, -0.1) is 0 Å². The third kappa shape index (κ3) is 4.57. The molecule has 3 rings (SSSR count). The third-order valence-corrected chi connectivity index (χ3v) is 4.71. The average molecular weight is 353 g/mol. The Morgan fingerprint density at radius 3 is 2.73 bits per heavy atom. The van der Waals surface area contributed by atoms with E-state index in [0.29, 0.717) is 6.61 Å². The maximum Gasteiger partial charge on any atom is 0.159 e. The van der Waals surface area contributed by atoms with Crippen LogP contribution in [0.3, 0.4) is 0 Å². The van der Waals surface area contributed by atoms with Crippen molar-refractivity contribution < 1.29 is 14.3 Å². The van der Waals surface area contributed by atoms with Gasteiger partial charge in [-0.1, -0.05) is 25.1 Å². The number of ketones is 1. The van der Waals surface area contributed by atoms with Crippen molar-refractivity contribution in [3.8, 4) is 11.5 Å². The number of para-hydroxylation sites is 1. The second-order valence-electron chi connectivity index (χ2n) is 6.70. The van der Waals surface area contributed by atoms with Crippen molar-refractivity contribution in [2.45, 2.75) is 39.2 Å². The molecule has 0 saturated carbocycles. The molecule has 0 amide bonds. The highest BCUT2D eigenvalue weighted by Crippen LogP contribution is 2.35. The van der Waals surface area contributed by atoms with Gasteiger partial charge in [-0.25, -0.2) is 0 Å². The van der Waals surface area contributed by atoms with E-state index >= 15 is 0 Å². The Kier molecular flexibility index (Phi) is 6.16. The molecule has 1 heterocycles. The molecule has 2 aromatic carbocycles. The van der Waals surface area contributed by atoms with E-state index in [4.69, 9.17) is 9.47 Å². The van der Waals surface area contributed by atoms with Crippen LogP contribution >= 0.6 is 0 Å². The molecule has 26 heavy (non-hydrogen) atoms. The molecular formula is C22H27NO3. The molecule has 4 heteroatoms. The highest BCUT2D eigenvalue weighted by atomic mass is 16.5. The molecule has 2 aromatic rings. The van der Waals surface area contributed by atoms with Crippen LogP contribution in [0.1, 0.15) is 43.5 Å². The van der Waals surface area contributed by atoms with Crippen LogP contribution in [0, 0.1) is 0 Å². The second kappa shape index (κ2) is 8.75. The van der Waals surface area contributed by atoms with Gasteiger partial charge in [-0.3, -0.25) is 4.79 Å². The lowest BCUT2D eigenvalue weighted by atomic mass is 10.1. The number of unbranched alkanes of at least 4 members (excludes halogenated alkanes) is 1. The van der Waals surface area contributed by atoms with Crippen LogP contribution in [0.2, 0.25) is 0 Å². The van der Waals surface area contributed by atoms with Gasteiger partial charge in [0.15, 0.2) is 5.78 Å². The summed E-state index contributed by atoms with van der Waals surface area (Å²) in [5.74, 6) is 1.89. The number of carbonyl (C=O) groups excluding carboxylic acids is 1. The van der Waals surface area contributed by atoms with Gasteiger partial charge < -0.3 is 14.4 Å². The van der Waals surface area contributed by atoms with Crippen LogP contribution in [0.4, 0.5) is 5.69 Å². The molecule has 0 fully saturated rings. The topological polar surface area (TPSA) is 38.8 Å². The summed E-state index contributed by atoms with van der Waals surface area (Å²) >= 11 is 0. The standard InChI is InChI=1S/C22H27NO3/c1-3-19-16-23(13-7-8-14-25-20-9-5-4-6-10-20)21-15-18(17(2)24)11-12-22(21)26-19/h4-6,9-12,15,19H,3,7-8,13-14,16H2,1-2H3. The van der Waals surface area contributed by atoms with E-state index in [1.54, 1.807) is 6.92 Å². The fraction of sp³-hybridized carbons (Fsp3) is 0.409. The molecule has 1 aliphatic heterocycles. The summed E-state index contributed by atoms with van der Waals surface area (Å²) in [5.41, 5.74) is 1.77. The minimum atomic E-state index is 0.0848. The van der Waals surface area contributed by atoms with Crippen molar-refractivity contribution in [3.05, 3.63) is 54.1 Å². The van der Waals surface area contributed by atoms with E-state index < -0.39 is 0 Å². The predicted molar refractivity (Wildman–Crippen MR) is 105 cm³/mol. The van der Waals surface area contributed by atoms with Crippen molar-refractivity contribution in [2.75, 3.05) is 24.6 Å². The van der Waals surface area contributed by atoms with E-state index in [0.717, 1.165) is 55.1 Å². The molecule has 0 N–H and O–H groups in total. The normalized spacial score (nSPS) is 15.9. The summed E-state index contributed by atoms with van der Waals surface area (Å²) in [5, 5.41) is 0. The van der Waals surface area contributed by atoms with Gasteiger partial charge >= 0.3 is 0 Å². The first-order chi connectivity index (χ1) is 12.7. The van der Waals surface area contributed by atoms with Gasteiger partial charge in [0.05, 0.1) is 18.8 Å². The summed E-state index contributed by atoms with van der Waals surface area (Å²) in [6.07, 6.45) is 3.20. The molecule has 0 bridgehead atoms. The van der Waals surface area contributed by atoms with Crippen LogP contribution in [0.15, 0.2) is 48.5 Å². The SMILES string of the molecule is CCC1CN(CCCCOc2ccccc2)c2cc(C(C)=O)ccc2O1. The minimum absolute atomic E-state index is 0.0848. The lowest BCUT2D eigenvalue weighted by Gasteiger charge is -2.36. The van der Waals surface area contributed by atoms with E-state index in [1.807, 2.05) is 48.5 Å². The van der Waals surface area contributed by atoms with Gasteiger partial charge in [0.1, 0.15) is 17.6 Å². The van der Waals surface area contributed by atoms with Gasteiger partial charge in [0, 0.05) is 12.1 Å². The number of carbonyl (C=O) groups is 1. The Hall–Kier alpha value is -2.49. The molecule has 0 saturated heterocycles. The van der Waals surface area contributed by atoms with Crippen molar-refractivity contribution in [2.24, 2.45) is 0 Å². The monoisotopic (exact) mass is 353 g/mol. The van der Waals surface area contributed by atoms with Crippen LogP contribution in [-0.4, -0.2) is 31.6 Å². The van der Waals surface area contributed by atoms with E-state index in [9.17, 15) is 4.79 Å². The van der Waals surface area contributed by atoms with Crippen molar-refractivity contribution in [3.63, 3.8) is 0 Å². The van der Waals surface area contributed by atoms with Crippen LogP contribution in [0.25, 0.3) is 0 Å². The predicted octanol–water partition coefficient (Wildman–Crippen LogP) is 4.73. The number of anilines is 1. The van der Waals surface area contributed by atoms with Crippen LogP contribution in [0.5, 0.6) is 11.5 Å². The first-order valence-corrected chi connectivity index (χ1v) is 9.42. The summed E-state index contributed by atoms with van der Waals surface area (Å²) in [6.45, 7) is 6.26. The molecule has 138 valence electrons. The molecule has 0 spiro atoms. The number of Topliss-reactive ketones (excluding diaryl/α,β-unsaturated/α-hetero) is 1. The van der Waals surface area contributed by atoms with Gasteiger partial charge in [0.2, 0.25) is 0 Å². The smallest absolute Gasteiger partial charge is 0.159 e. The van der Waals surface area contributed by atoms with Gasteiger partial charge in [-0.05, 0) is 56.5 Å². The first kappa shape index (κ1) is 18.3. The summed E-state index contributed by atoms with van der Waals surface area (Å²) in [6, 6.07) is 15.7. The number of benzene rings is 2. The van der Waals surface area contributed by atoms with Crippen molar-refractivity contribution in [1.82, 2.24) is 0 Å². The average Bonchev–Trinajstić information content (AvgIpc) is 2.67. The van der Waals surface area contributed by atoms with Crippen LogP contribution < -0.4 is 14.4 Å². The molecule has 0 aliphatic carbocycles. The first-order valence-electron chi connectivity index (χ1n) is 9.42. The van der Waals surface area contributed by atoms with E-state index in [-0.39, 0.29) is 11.9 Å². The molecule has 0 aromatic heterocycles. The maximum absolute atomic E-state index is 11.7. The third-order valence-electron chi connectivity index (χ3n) is 4.71. The number of ether oxygens (including phenoxy) is 2. The lowest BCUT2D eigenvalue weighted by molar-refractivity contribution is 0.101. The zero-order chi connectivity index (χ0) is 18.4. The Labute approximate surface area is 155 Å². The zero-order valence-electron chi connectivity index (χ0n) is 15.6. The van der Waals surface area contributed by atoms with E-state index in [1.165, 1.54) is 0 Å². The van der Waals surface area contributed by atoms with E-state index in [2.05, 4.69) is 11.8 Å². The highest BCUT2D eigenvalue weighted by molar-refractivity contribution is 5.95. The summed E-state index contributed by atoms with van der Waals surface area (Å²) in [7, 11) is 0. The zero-order valence-corrected chi connectivity index (χ0v) is 15.6. The fourth-order valence-corrected chi connectivity index (χ4v) is 3.18. The summed E-state index contributed by atoms with van der Waals surface area (Å²) in [4.78, 5) is 14.1. The van der Waals surface area contributed by atoms with Gasteiger partial charge in [0.25, 0.3) is 0 Å². The molecule has 1 aliphatic rings. The minimum Gasteiger partial charge on any atom is -0.494 e. The number of hydrogen-bond acceptors (Lipinski definition) is 4. The highest BCUT2D eigenvalue weighted by Gasteiger charge is 2.25. The number of fused-ring (bicyclic) bond motifs is 1. The van der Waals surface area contributed by atoms with Gasteiger partial charge in [-0.2, -0.15) is 0 Å². The quantitative estimate of drug-likeness (QED) is 0.508. The summed E-state index contributed by atoms with van der Waals surface area (Å²) < 4.78 is 11.8. The Bertz CT molecular complexity index is 729. The number of rotatable bonds is 8. The van der Waals surface area contributed by atoms with Crippen molar-refractivity contribution in [1.29, 1.82) is 0 Å². The number of nitrogens with zero attached hydrogens (tertiary/aromatic N) is 1. The van der Waals surface area contributed by atoms with Crippen molar-refractivity contribution >= 4 is 11.5 Å². The number of hydrogen-bond donors (Lipinski definition) is 0. The lowest BCUT2D eigenvalue weighted by Crippen LogP contribution is -2.40.